The summed E-state index contributed by atoms with van der Waals surface area (Å²) in [4.78, 5) is 31.9. The topological polar surface area (TPSA) is 83.3 Å². The van der Waals surface area contributed by atoms with Crippen molar-refractivity contribution in [1.82, 2.24) is 4.98 Å². The van der Waals surface area contributed by atoms with E-state index in [0.29, 0.717) is 33.7 Å². The molecule has 2 unspecified atom stereocenters. The van der Waals surface area contributed by atoms with Gasteiger partial charge in [0.1, 0.15) is 22.6 Å². The van der Waals surface area contributed by atoms with Crippen LogP contribution in [0.25, 0.3) is 0 Å². The summed E-state index contributed by atoms with van der Waals surface area (Å²) < 4.78 is 5.80. The van der Waals surface area contributed by atoms with Gasteiger partial charge in [0.05, 0.1) is 16.5 Å². The first-order chi connectivity index (χ1) is 16.5. The molecule has 170 valence electrons. The van der Waals surface area contributed by atoms with Gasteiger partial charge in [-0.05, 0) is 73.2 Å². The predicted octanol–water partition coefficient (Wildman–Crippen LogP) is 5.29. The Bertz CT molecular complexity index is 1280. The van der Waals surface area contributed by atoms with Crippen LogP contribution in [0.1, 0.15) is 36.6 Å². The second-order valence-electron chi connectivity index (χ2n) is 8.69. The number of amides is 2. The van der Waals surface area contributed by atoms with E-state index < -0.39 is 5.25 Å². The van der Waals surface area contributed by atoms with Crippen molar-refractivity contribution in [1.29, 1.82) is 5.26 Å². The van der Waals surface area contributed by atoms with Crippen molar-refractivity contribution in [2.45, 2.75) is 42.9 Å². The standard InChI is InChI=1S/C27H23N3O3S/c1-17-7-12-23-18(13-17)14-19(16-28)26(29-23)34-24-15-25(31)30(27(24)32)20-8-10-22(11-9-20)33-21-5-3-2-4-6-21/h2-6,8-11,14,17,24H,7,12-13,15H2,1H3. The van der Waals surface area contributed by atoms with Crippen LogP contribution >= 0.6 is 11.8 Å². The average molecular weight is 470 g/mol. The molecule has 2 aliphatic rings. The van der Waals surface area contributed by atoms with Gasteiger partial charge in [0.2, 0.25) is 11.8 Å². The first-order valence-corrected chi connectivity index (χ1v) is 12.2. The maximum Gasteiger partial charge on any atom is 0.247 e. The largest absolute Gasteiger partial charge is 0.457 e. The van der Waals surface area contributed by atoms with E-state index >= 15 is 0 Å². The summed E-state index contributed by atoms with van der Waals surface area (Å²) in [6.45, 7) is 2.20. The van der Waals surface area contributed by atoms with Crippen LogP contribution in [-0.4, -0.2) is 22.0 Å². The Morgan fingerprint density at radius 1 is 1.06 bits per heavy atom. The molecule has 7 heteroatoms. The van der Waals surface area contributed by atoms with E-state index in [1.54, 1.807) is 24.3 Å². The van der Waals surface area contributed by atoms with Crippen LogP contribution in [0.4, 0.5) is 5.69 Å². The number of para-hydroxylation sites is 1. The first kappa shape index (κ1) is 22.2. The van der Waals surface area contributed by atoms with E-state index in [1.165, 1.54) is 16.7 Å². The Balaban J connectivity index is 1.33. The number of carbonyl (C=O) groups is 2. The number of aryl methyl sites for hydroxylation is 1. The van der Waals surface area contributed by atoms with E-state index in [1.807, 2.05) is 36.4 Å². The molecular formula is C27H23N3O3S. The number of nitriles is 1. The fourth-order valence-corrected chi connectivity index (χ4v) is 5.48. The minimum atomic E-state index is -0.604. The van der Waals surface area contributed by atoms with Crippen molar-refractivity contribution in [2.75, 3.05) is 4.90 Å². The first-order valence-electron chi connectivity index (χ1n) is 11.3. The highest BCUT2D eigenvalue weighted by molar-refractivity contribution is 8.00. The van der Waals surface area contributed by atoms with Crippen LogP contribution in [0.15, 0.2) is 65.7 Å². The third-order valence-corrected chi connectivity index (χ3v) is 7.34. The average Bonchev–Trinajstić information content (AvgIpc) is 3.12. The molecule has 0 bridgehead atoms. The molecule has 3 aromatic rings. The van der Waals surface area contributed by atoms with Gasteiger partial charge >= 0.3 is 0 Å². The Kier molecular flexibility index (Phi) is 6.08. The number of ether oxygens (including phenoxy) is 1. The lowest BCUT2D eigenvalue weighted by Crippen LogP contribution is -2.31. The number of rotatable bonds is 5. The number of nitrogens with zero attached hydrogens (tertiary/aromatic N) is 3. The van der Waals surface area contributed by atoms with Crippen molar-refractivity contribution in [3.8, 4) is 17.6 Å². The second kappa shape index (κ2) is 9.32. The molecule has 2 amide bonds. The van der Waals surface area contributed by atoms with Crippen LogP contribution < -0.4 is 9.64 Å². The van der Waals surface area contributed by atoms with Gasteiger partial charge < -0.3 is 4.74 Å². The van der Waals surface area contributed by atoms with Crippen molar-refractivity contribution in [2.24, 2.45) is 5.92 Å². The molecule has 5 rings (SSSR count). The fraction of sp³-hybridized carbons (Fsp3) is 0.259. The SMILES string of the molecule is CC1CCc2nc(SC3CC(=O)N(c4ccc(Oc5ccccc5)cc4)C3=O)c(C#N)cc2C1. The van der Waals surface area contributed by atoms with Gasteiger partial charge in [-0.15, -0.1) is 0 Å². The summed E-state index contributed by atoms with van der Waals surface area (Å²) in [6, 6.07) is 20.4. The number of benzene rings is 2. The molecule has 2 heterocycles. The zero-order valence-corrected chi connectivity index (χ0v) is 19.5. The van der Waals surface area contributed by atoms with E-state index in [-0.39, 0.29) is 18.2 Å². The number of hydrogen-bond donors (Lipinski definition) is 0. The second-order valence-corrected chi connectivity index (χ2v) is 9.89. The van der Waals surface area contributed by atoms with Gasteiger partial charge in [0.15, 0.2) is 0 Å². The summed E-state index contributed by atoms with van der Waals surface area (Å²) in [7, 11) is 0. The maximum atomic E-state index is 13.2. The summed E-state index contributed by atoms with van der Waals surface area (Å²) in [6.07, 6.45) is 2.93. The molecule has 1 aliphatic heterocycles. The zero-order valence-electron chi connectivity index (χ0n) is 18.7. The third-order valence-electron chi connectivity index (χ3n) is 6.15. The Hall–Kier alpha value is -3.63. The lowest BCUT2D eigenvalue weighted by atomic mass is 9.87. The van der Waals surface area contributed by atoms with Crippen molar-refractivity contribution >= 4 is 29.3 Å². The van der Waals surface area contributed by atoms with Crippen molar-refractivity contribution in [3.05, 3.63) is 77.5 Å². The van der Waals surface area contributed by atoms with Crippen LogP contribution in [0.5, 0.6) is 11.5 Å². The quantitative estimate of drug-likeness (QED) is 0.472. The molecule has 0 spiro atoms. The van der Waals surface area contributed by atoms with E-state index in [4.69, 9.17) is 9.72 Å². The number of pyridine rings is 1. The van der Waals surface area contributed by atoms with Crippen molar-refractivity contribution in [3.63, 3.8) is 0 Å². The summed E-state index contributed by atoms with van der Waals surface area (Å²) in [5.74, 6) is 1.35. The highest BCUT2D eigenvalue weighted by Gasteiger charge is 2.41. The molecule has 0 radical (unpaired) electrons. The number of imide groups is 1. The van der Waals surface area contributed by atoms with Crippen LogP contribution in [-0.2, 0) is 22.4 Å². The number of aromatic nitrogens is 1. The van der Waals surface area contributed by atoms with E-state index in [2.05, 4.69) is 13.0 Å². The lowest BCUT2D eigenvalue weighted by Gasteiger charge is -2.22. The molecule has 1 saturated heterocycles. The molecule has 2 atom stereocenters. The number of carbonyl (C=O) groups excluding carboxylic acids is 2. The molecule has 0 N–H and O–H groups in total. The van der Waals surface area contributed by atoms with Gasteiger partial charge in [-0.25, -0.2) is 9.88 Å². The minimum Gasteiger partial charge on any atom is -0.457 e. The molecule has 34 heavy (non-hydrogen) atoms. The van der Waals surface area contributed by atoms with Crippen LogP contribution in [0, 0.1) is 17.2 Å². The highest BCUT2D eigenvalue weighted by Crippen LogP contribution is 2.37. The molecular weight excluding hydrogens is 446 g/mol. The smallest absolute Gasteiger partial charge is 0.247 e. The van der Waals surface area contributed by atoms with E-state index in [9.17, 15) is 14.9 Å². The number of fused-ring (bicyclic) bond motifs is 1. The van der Waals surface area contributed by atoms with Crippen molar-refractivity contribution < 1.29 is 14.3 Å². The molecule has 1 fully saturated rings. The molecule has 1 aromatic heterocycles. The van der Waals surface area contributed by atoms with Gasteiger partial charge in [-0.1, -0.05) is 36.9 Å². The Labute approximate surface area is 202 Å². The Morgan fingerprint density at radius 2 is 1.79 bits per heavy atom. The Morgan fingerprint density at radius 3 is 2.53 bits per heavy atom. The molecule has 1 aliphatic carbocycles. The molecule has 2 aromatic carbocycles. The van der Waals surface area contributed by atoms with Gasteiger partial charge in [0, 0.05) is 12.1 Å². The number of anilines is 1. The normalized spacial score (nSPS) is 19.6. The summed E-state index contributed by atoms with van der Waals surface area (Å²) in [5, 5.41) is 9.60. The van der Waals surface area contributed by atoms with Crippen LogP contribution in [0.3, 0.4) is 0 Å². The number of thioether (sulfide) groups is 1. The van der Waals surface area contributed by atoms with Gasteiger partial charge in [-0.3, -0.25) is 9.59 Å². The summed E-state index contributed by atoms with van der Waals surface area (Å²) in [5.41, 5.74) is 3.10. The number of hydrogen-bond acceptors (Lipinski definition) is 6. The monoisotopic (exact) mass is 469 g/mol. The van der Waals surface area contributed by atoms with Crippen LogP contribution in [0.2, 0.25) is 0 Å². The highest BCUT2D eigenvalue weighted by atomic mass is 32.2. The zero-order chi connectivity index (χ0) is 23.7. The molecule has 6 nitrogen and oxygen atoms in total. The third kappa shape index (κ3) is 4.42. The van der Waals surface area contributed by atoms with Gasteiger partial charge in [0.25, 0.3) is 0 Å². The fourth-order valence-electron chi connectivity index (χ4n) is 4.39. The summed E-state index contributed by atoms with van der Waals surface area (Å²) >= 11 is 1.22. The maximum absolute atomic E-state index is 13.2. The van der Waals surface area contributed by atoms with E-state index in [0.717, 1.165) is 30.5 Å². The van der Waals surface area contributed by atoms with Gasteiger partial charge in [-0.2, -0.15) is 5.26 Å². The molecule has 0 saturated carbocycles. The minimum absolute atomic E-state index is 0.0758. The lowest BCUT2D eigenvalue weighted by molar-refractivity contribution is -0.121. The predicted molar refractivity (Wildman–Crippen MR) is 130 cm³/mol.